The van der Waals surface area contributed by atoms with Crippen molar-refractivity contribution < 1.29 is 13.2 Å². The third-order valence-corrected chi connectivity index (χ3v) is 5.12. The molecule has 0 fully saturated rings. The first-order valence-electron chi connectivity index (χ1n) is 6.35. The molecular weight excluding hydrogens is 300 g/mol. The summed E-state index contributed by atoms with van der Waals surface area (Å²) in [6.07, 6.45) is 0.0651. The number of nitrogens with zero attached hydrogens (tertiary/aromatic N) is 1. The SMILES string of the molecule is CC(C)OCCN(C)S(=O)(=O)c1cc(CN)ccc1Cl. The van der Waals surface area contributed by atoms with E-state index in [1.165, 1.54) is 17.4 Å². The molecule has 1 aromatic carbocycles. The average molecular weight is 321 g/mol. The summed E-state index contributed by atoms with van der Waals surface area (Å²) in [7, 11) is -2.13. The van der Waals surface area contributed by atoms with Gasteiger partial charge in [-0.3, -0.25) is 0 Å². The van der Waals surface area contributed by atoms with Crippen molar-refractivity contribution >= 4 is 21.6 Å². The molecule has 0 unspecified atom stereocenters. The monoisotopic (exact) mass is 320 g/mol. The molecule has 0 heterocycles. The molecule has 0 aliphatic rings. The molecule has 20 heavy (non-hydrogen) atoms. The first-order valence-corrected chi connectivity index (χ1v) is 8.17. The highest BCUT2D eigenvalue weighted by atomic mass is 35.5. The number of hydrogen-bond acceptors (Lipinski definition) is 4. The Morgan fingerprint density at radius 2 is 2.05 bits per heavy atom. The van der Waals surface area contributed by atoms with Crippen molar-refractivity contribution in [3.8, 4) is 0 Å². The second kappa shape index (κ2) is 7.38. The van der Waals surface area contributed by atoms with Gasteiger partial charge in [-0.2, -0.15) is 4.31 Å². The molecule has 2 N–H and O–H groups in total. The zero-order valence-corrected chi connectivity index (χ0v) is 13.5. The van der Waals surface area contributed by atoms with Crippen LogP contribution in [-0.4, -0.2) is 39.0 Å². The minimum Gasteiger partial charge on any atom is -0.377 e. The van der Waals surface area contributed by atoms with Crippen LogP contribution in [0.25, 0.3) is 0 Å². The van der Waals surface area contributed by atoms with Crippen LogP contribution in [0.1, 0.15) is 19.4 Å². The van der Waals surface area contributed by atoms with E-state index < -0.39 is 10.0 Å². The fourth-order valence-electron chi connectivity index (χ4n) is 1.58. The van der Waals surface area contributed by atoms with Crippen molar-refractivity contribution in [3.63, 3.8) is 0 Å². The van der Waals surface area contributed by atoms with Crippen molar-refractivity contribution in [1.82, 2.24) is 4.31 Å². The number of benzene rings is 1. The lowest BCUT2D eigenvalue weighted by Crippen LogP contribution is -2.31. The van der Waals surface area contributed by atoms with E-state index in [4.69, 9.17) is 22.1 Å². The first-order chi connectivity index (χ1) is 9.28. The number of nitrogens with two attached hydrogens (primary N) is 1. The van der Waals surface area contributed by atoms with E-state index in [1.54, 1.807) is 12.1 Å². The normalized spacial score (nSPS) is 12.3. The van der Waals surface area contributed by atoms with Crippen LogP contribution in [0.3, 0.4) is 0 Å². The lowest BCUT2D eigenvalue weighted by molar-refractivity contribution is 0.0737. The second-order valence-electron chi connectivity index (χ2n) is 4.72. The summed E-state index contributed by atoms with van der Waals surface area (Å²) in [4.78, 5) is 0.0779. The predicted octanol–water partition coefficient (Wildman–Crippen LogP) is 1.84. The summed E-state index contributed by atoms with van der Waals surface area (Å²) in [5.41, 5.74) is 6.25. The van der Waals surface area contributed by atoms with Gasteiger partial charge in [-0.05, 0) is 31.5 Å². The number of ether oxygens (including phenoxy) is 1. The minimum absolute atomic E-state index is 0.0651. The summed E-state index contributed by atoms with van der Waals surface area (Å²) < 4.78 is 31.5. The summed E-state index contributed by atoms with van der Waals surface area (Å²) in [6, 6.07) is 4.77. The van der Waals surface area contributed by atoms with E-state index in [-0.39, 0.29) is 29.1 Å². The van der Waals surface area contributed by atoms with Gasteiger partial charge in [-0.1, -0.05) is 17.7 Å². The minimum atomic E-state index is -3.63. The van der Waals surface area contributed by atoms with Gasteiger partial charge in [0.15, 0.2) is 0 Å². The third-order valence-electron chi connectivity index (χ3n) is 2.78. The standard InChI is InChI=1S/C13H21ClN2O3S/c1-10(2)19-7-6-16(3)20(17,18)13-8-11(9-15)4-5-12(13)14/h4-5,8,10H,6-7,9,15H2,1-3H3. The van der Waals surface area contributed by atoms with E-state index in [2.05, 4.69) is 0 Å². The number of sulfonamides is 1. The molecule has 0 bridgehead atoms. The smallest absolute Gasteiger partial charge is 0.244 e. The second-order valence-corrected chi connectivity index (χ2v) is 7.14. The van der Waals surface area contributed by atoms with Gasteiger partial charge in [0, 0.05) is 20.1 Å². The Morgan fingerprint density at radius 3 is 2.60 bits per heavy atom. The largest absolute Gasteiger partial charge is 0.377 e. The highest BCUT2D eigenvalue weighted by Gasteiger charge is 2.23. The van der Waals surface area contributed by atoms with Gasteiger partial charge in [-0.15, -0.1) is 0 Å². The van der Waals surface area contributed by atoms with E-state index in [0.717, 1.165) is 5.56 Å². The summed E-state index contributed by atoms with van der Waals surface area (Å²) in [5.74, 6) is 0. The zero-order chi connectivity index (χ0) is 15.3. The lowest BCUT2D eigenvalue weighted by Gasteiger charge is -2.19. The predicted molar refractivity (Wildman–Crippen MR) is 80.2 cm³/mol. The Morgan fingerprint density at radius 1 is 1.40 bits per heavy atom. The Bertz CT molecular complexity index is 547. The van der Waals surface area contributed by atoms with Crippen LogP contribution in [0.5, 0.6) is 0 Å². The molecule has 0 aliphatic heterocycles. The summed E-state index contributed by atoms with van der Waals surface area (Å²) in [5, 5.41) is 0.193. The van der Waals surface area contributed by atoms with E-state index >= 15 is 0 Å². The molecule has 114 valence electrons. The Hall–Kier alpha value is -0.660. The van der Waals surface area contributed by atoms with Crippen LogP contribution in [0.4, 0.5) is 0 Å². The molecule has 5 nitrogen and oxygen atoms in total. The Labute approximate surface area is 125 Å². The molecule has 0 amide bonds. The maximum absolute atomic E-state index is 12.4. The molecular formula is C13H21ClN2O3S. The lowest BCUT2D eigenvalue weighted by atomic mass is 10.2. The molecule has 0 aliphatic carbocycles. The molecule has 1 aromatic rings. The Kier molecular flexibility index (Phi) is 6.42. The zero-order valence-electron chi connectivity index (χ0n) is 12.0. The third kappa shape index (κ3) is 4.43. The van der Waals surface area contributed by atoms with E-state index in [1.807, 2.05) is 13.8 Å². The molecule has 0 radical (unpaired) electrons. The van der Waals surface area contributed by atoms with Crippen LogP contribution in [0, 0.1) is 0 Å². The van der Waals surface area contributed by atoms with Gasteiger partial charge in [0.2, 0.25) is 10.0 Å². The van der Waals surface area contributed by atoms with Crippen LogP contribution in [0.2, 0.25) is 5.02 Å². The van der Waals surface area contributed by atoms with Crippen molar-refractivity contribution in [2.24, 2.45) is 5.73 Å². The van der Waals surface area contributed by atoms with E-state index in [9.17, 15) is 8.42 Å². The van der Waals surface area contributed by atoms with Gasteiger partial charge in [0.05, 0.1) is 17.7 Å². The fraction of sp³-hybridized carbons (Fsp3) is 0.538. The quantitative estimate of drug-likeness (QED) is 0.832. The topological polar surface area (TPSA) is 72.6 Å². The fourth-order valence-corrected chi connectivity index (χ4v) is 3.25. The van der Waals surface area contributed by atoms with Crippen LogP contribution >= 0.6 is 11.6 Å². The van der Waals surface area contributed by atoms with Crippen LogP contribution < -0.4 is 5.73 Å². The van der Waals surface area contributed by atoms with Gasteiger partial charge < -0.3 is 10.5 Å². The molecule has 0 spiro atoms. The van der Waals surface area contributed by atoms with Crippen molar-refractivity contribution in [1.29, 1.82) is 0 Å². The van der Waals surface area contributed by atoms with Gasteiger partial charge in [-0.25, -0.2) is 8.42 Å². The van der Waals surface area contributed by atoms with Crippen LogP contribution in [-0.2, 0) is 21.3 Å². The maximum atomic E-state index is 12.4. The Balaban J connectivity index is 2.92. The average Bonchev–Trinajstić information content (AvgIpc) is 2.38. The molecule has 0 saturated heterocycles. The van der Waals surface area contributed by atoms with Gasteiger partial charge in [0.25, 0.3) is 0 Å². The van der Waals surface area contributed by atoms with Gasteiger partial charge >= 0.3 is 0 Å². The molecule has 1 rings (SSSR count). The van der Waals surface area contributed by atoms with Crippen molar-refractivity contribution in [2.45, 2.75) is 31.4 Å². The molecule has 0 atom stereocenters. The molecule has 0 saturated carbocycles. The number of likely N-dealkylation sites (N-methyl/N-ethyl adjacent to an activating group) is 1. The summed E-state index contributed by atoms with van der Waals surface area (Å²) in [6.45, 7) is 4.66. The maximum Gasteiger partial charge on any atom is 0.244 e. The highest BCUT2D eigenvalue weighted by Crippen LogP contribution is 2.25. The van der Waals surface area contributed by atoms with E-state index in [0.29, 0.717) is 6.61 Å². The van der Waals surface area contributed by atoms with Crippen LogP contribution in [0.15, 0.2) is 23.1 Å². The number of rotatable bonds is 7. The number of hydrogen-bond donors (Lipinski definition) is 1. The molecule has 0 aromatic heterocycles. The summed E-state index contributed by atoms with van der Waals surface area (Å²) >= 11 is 5.99. The van der Waals surface area contributed by atoms with Crippen molar-refractivity contribution in [2.75, 3.05) is 20.2 Å². The molecule has 7 heteroatoms. The highest BCUT2D eigenvalue weighted by molar-refractivity contribution is 7.89. The van der Waals surface area contributed by atoms with Crippen molar-refractivity contribution in [3.05, 3.63) is 28.8 Å². The number of halogens is 1. The first kappa shape index (κ1) is 17.4. The van der Waals surface area contributed by atoms with Gasteiger partial charge in [0.1, 0.15) is 4.90 Å².